The summed E-state index contributed by atoms with van der Waals surface area (Å²) < 4.78 is 27.1. The van der Waals surface area contributed by atoms with Crippen molar-refractivity contribution >= 4 is 7.82 Å². The van der Waals surface area contributed by atoms with E-state index >= 15 is 0 Å². The largest absolute Gasteiger partial charge is 0.474 e. The van der Waals surface area contributed by atoms with Crippen LogP contribution in [0.2, 0.25) is 0 Å². The number of hydrogen-bond acceptors (Lipinski definition) is 4. The third kappa shape index (κ3) is 7.58. The lowest BCUT2D eigenvalue weighted by molar-refractivity contribution is 0.115. The maximum Gasteiger partial charge on any atom is 0.474 e. The first-order valence-corrected chi connectivity index (χ1v) is 6.61. The molecule has 88 valence electrons. The molecule has 15 heavy (non-hydrogen) atoms. The molecule has 0 amide bonds. The zero-order valence-corrected chi connectivity index (χ0v) is 10.3. The van der Waals surface area contributed by atoms with Crippen molar-refractivity contribution in [2.75, 3.05) is 19.8 Å². The van der Waals surface area contributed by atoms with Crippen LogP contribution in [0.25, 0.3) is 0 Å². The van der Waals surface area contributed by atoms with Gasteiger partial charge in [0.2, 0.25) is 0 Å². The fraction of sp³-hybridized carbons (Fsp3) is 0.800. The van der Waals surface area contributed by atoms with E-state index in [1.165, 1.54) is 0 Å². The van der Waals surface area contributed by atoms with Gasteiger partial charge in [0.25, 0.3) is 0 Å². The molecule has 0 N–H and O–H groups in total. The lowest BCUT2D eigenvalue weighted by Gasteiger charge is -2.16. The van der Waals surface area contributed by atoms with Crippen molar-refractivity contribution in [1.29, 1.82) is 0 Å². The van der Waals surface area contributed by atoms with Crippen LogP contribution in [0.1, 0.15) is 33.1 Å². The molecule has 0 fully saturated rings. The van der Waals surface area contributed by atoms with E-state index in [-0.39, 0.29) is 6.61 Å². The minimum absolute atomic E-state index is 0.196. The molecule has 0 spiro atoms. The predicted molar refractivity (Wildman–Crippen MR) is 59.5 cm³/mol. The summed E-state index contributed by atoms with van der Waals surface area (Å²) in [7, 11) is -3.38. The smallest absolute Gasteiger partial charge is 0.287 e. The van der Waals surface area contributed by atoms with Gasteiger partial charge in [-0.2, -0.15) is 0 Å². The van der Waals surface area contributed by atoms with E-state index in [4.69, 9.17) is 20.0 Å². The van der Waals surface area contributed by atoms with Crippen molar-refractivity contribution in [1.82, 2.24) is 0 Å². The van der Waals surface area contributed by atoms with Gasteiger partial charge in [-0.15, -0.1) is 12.3 Å². The highest BCUT2D eigenvalue weighted by atomic mass is 31.2. The van der Waals surface area contributed by atoms with Crippen LogP contribution in [-0.2, 0) is 18.1 Å². The van der Waals surface area contributed by atoms with E-state index in [1.807, 2.05) is 13.8 Å². The predicted octanol–water partition coefficient (Wildman–Crippen LogP) is 2.99. The quantitative estimate of drug-likeness (QED) is 0.349. The molecule has 0 aliphatic rings. The Hall–Kier alpha value is -0.330. The van der Waals surface area contributed by atoms with Gasteiger partial charge in [-0.05, 0) is 12.8 Å². The molecule has 0 aromatic heterocycles. The monoisotopic (exact) mass is 234 g/mol. The Bertz CT molecular complexity index is 222. The number of rotatable bonds is 9. The summed E-state index contributed by atoms with van der Waals surface area (Å²) in [5.74, 6) is 2.40. The van der Waals surface area contributed by atoms with Gasteiger partial charge in [0, 0.05) is 6.42 Å². The normalized spacial score (nSPS) is 11.3. The van der Waals surface area contributed by atoms with Crippen molar-refractivity contribution < 1.29 is 18.1 Å². The molecule has 0 heterocycles. The lowest BCUT2D eigenvalue weighted by atomic mass is 10.5. The van der Waals surface area contributed by atoms with E-state index in [1.54, 1.807) is 0 Å². The maximum absolute atomic E-state index is 11.9. The van der Waals surface area contributed by atoms with Gasteiger partial charge in [0.1, 0.15) is 0 Å². The Balaban J connectivity index is 4.03. The molecule has 0 rings (SSSR count). The van der Waals surface area contributed by atoms with Gasteiger partial charge >= 0.3 is 7.82 Å². The second-order valence-corrected chi connectivity index (χ2v) is 4.57. The molecule has 0 aromatic carbocycles. The summed E-state index contributed by atoms with van der Waals surface area (Å²) in [6, 6.07) is 0. The standard InChI is InChI=1S/C10H19O4P/c1-4-7-10-14-15(11,12-8-5-2)13-9-6-3/h1H,5-10H2,2-3H3. The fourth-order valence-electron chi connectivity index (χ4n) is 0.734. The van der Waals surface area contributed by atoms with E-state index in [0.717, 1.165) is 12.8 Å². The number of phosphoric acid groups is 1. The van der Waals surface area contributed by atoms with Crippen molar-refractivity contribution in [2.45, 2.75) is 33.1 Å². The second kappa shape index (κ2) is 8.94. The Morgan fingerprint density at radius 2 is 1.53 bits per heavy atom. The third-order valence-corrected chi connectivity index (χ3v) is 2.90. The highest BCUT2D eigenvalue weighted by Crippen LogP contribution is 2.49. The van der Waals surface area contributed by atoms with Crippen molar-refractivity contribution in [3.63, 3.8) is 0 Å². The summed E-state index contributed by atoms with van der Waals surface area (Å²) in [5.41, 5.74) is 0. The molecule has 0 bridgehead atoms. The van der Waals surface area contributed by atoms with Crippen LogP contribution >= 0.6 is 7.82 Å². The first-order chi connectivity index (χ1) is 7.18. The van der Waals surface area contributed by atoms with Gasteiger partial charge in [-0.25, -0.2) is 4.57 Å². The number of phosphoric ester groups is 1. The van der Waals surface area contributed by atoms with Gasteiger partial charge in [0.05, 0.1) is 19.8 Å². The highest BCUT2D eigenvalue weighted by Gasteiger charge is 2.25. The molecule has 4 nitrogen and oxygen atoms in total. The summed E-state index contributed by atoms with van der Waals surface area (Å²) in [6.07, 6.45) is 6.98. The summed E-state index contributed by atoms with van der Waals surface area (Å²) in [4.78, 5) is 0. The van der Waals surface area contributed by atoms with Crippen LogP contribution in [0.15, 0.2) is 0 Å². The Kier molecular flexibility index (Phi) is 8.74. The van der Waals surface area contributed by atoms with Crippen LogP contribution in [0.5, 0.6) is 0 Å². The van der Waals surface area contributed by atoms with Crippen molar-refractivity contribution in [3.8, 4) is 12.3 Å². The van der Waals surface area contributed by atoms with Crippen LogP contribution in [0.3, 0.4) is 0 Å². The van der Waals surface area contributed by atoms with E-state index in [0.29, 0.717) is 19.6 Å². The molecule has 0 aliphatic heterocycles. The Morgan fingerprint density at radius 3 is 1.93 bits per heavy atom. The minimum atomic E-state index is -3.38. The minimum Gasteiger partial charge on any atom is -0.287 e. The van der Waals surface area contributed by atoms with Crippen molar-refractivity contribution in [2.24, 2.45) is 0 Å². The van der Waals surface area contributed by atoms with Crippen LogP contribution in [-0.4, -0.2) is 19.8 Å². The molecule has 0 saturated heterocycles. The average Bonchev–Trinajstić information content (AvgIpc) is 2.24. The van der Waals surface area contributed by atoms with E-state index in [9.17, 15) is 4.57 Å². The second-order valence-electron chi connectivity index (χ2n) is 2.90. The van der Waals surface area contributed by atoms with Gasteiger partial charge in [-0.1, -0.05) is 13.8 Å². The number of hydrogen-bond donors (Lipinski definition) is 0. The summed E-state index contributed by atoms with van der Waals surface area (Å²) >= 11 is 0. The van der Waals surface area contributed by atoms with Crippen LogP contribution in [0.4, 0.5) is 0 Å². The molecule has 0 aliphatic carbocycles. The molecule has 0 aromatic rings. The van der Waals surface area contributed by atoms with Gasteiger partial charge in [0.15, 0.2) is 0 Å². The van der Waals surface area contributed by atoms with Crippen LogP contribution in [0, 0.1) is 12.3 Å². The van der Waals surface area contributed by atoms with Crippen molar-refractivity contribution in [3.05, 3.63) is 0 Å². The first-order valence-electron chi connectivity index (χ1n) is 5.15. The molecule has 0 saturated carbocycles. The van der Waals surface area contributed by atoms with Gasteiger partial charge < -0.3 is 0 Å². The average molecular weight is 234 g/mol. The topological polar surface area (TPSA) is 44.8 Å². The lowest BCUT2D eigenvalue weighted by Crippen LogP contribution is -2.02. The summed E-state index contributed by atoms with van der Waals surface area (Å²) in [6.45, 7) is 4.76. The molecule has 0 radical (unpaired) electrons. The zero-order valence-electron chi connectivity index (χ0n) is 9.40. The molecular weight excluding hydrogens is 215 g/mol. The SMILES string of the molecule is C#CCCOP(=O)(OCCC)OCCC. The molecule has 0 atom stereocenters. The van der Waals surface area contributed by atoms with Crippen LogP contribution < -0.4 is 0 Å². The molecule has 5 heteroatoms. The highest BCUT2D eigenvalue weighted by molar-refractivity contribution is 7.48. The molecule has 0 unspecified atom stereocenters. The molecular formula is C10H19O4P. The Labute approximate surface area is 91.9 Å². The van der Waals surface area contributed by atoms with Gasteiger partial charge in [-0.3, -0.25) is 13.6 Å². The van der Waals surface area contributed by atoms with E-state index in [2.05, 4.69) is 5.92 Å². The van der Waals surface area contributed by atoms with E-state index < -0.39 is 7.82 Å². The fourth-order valence-corrected chi connectivity index (χ4v) is 2.09. The summed E-state index contributed by atoms with van der Waals surface area (Å²) in [5, 5.41) is 0. The zero-order chi connectivity index (χ0) is 11.6. The number of terminal acetylenes is 1. The first kappa shape index (κ1) is 14.7. The third-order valence-electron chi connectivity index (χ3n) is 1.40. The Morgan fingerprint density at radius 1 is 1.07 bits per heavy atom. The maximum atomic E-state index is 11.9.